The van der Waals surface area contributed by atoms with Crippen molar-refractivity contribution in [1.29, 1.82) is 0 Å². The zero-order chi connectivity index (χ0) is 12.3. The maximum absolute atomic E-state index is 6.46. The highest BCUT2D eigenvalue weighted by atomic mass is 79.9. The fourth-order valence-electron chi connectivity index (χ4n) is 2.36. The Kier molecular flexibility index (Phi) is 4.23. The lowest BCUT2D eigenvalue weighted by atomic mass is 9.83. The predicted octanol–water partition coefficient (Wildman–Crippen LogP) is 2.80. The lowest BCUT2D eigenvalue weighted by molar-refractivity contribution is 0.182. The van der Waals surface area contributed by atoms with E-state index in [0.29, 0.717) is 0 Å². The molecule has 17 heavy (non-hydrogen) atoms. The van der Waals surface area contributed by atoms with Crippen LogP contribution in [0.1, 0.15) is 24.8 Å². The van der Waals surface area contributed by atoms with E-state index in [0.717, 1.165) is 43.2 Å². The van der Waals surface area contributed by atoms with Gasteiger partial charge >= 0.3 is 0 Å². The molecule has 0 unspecified atom stereocenters. The van der Waals surface area contributed by atoms with Crippen LogP contribution in [-0.4, -0.2) is 30.6 Å². The van der Waals surface area contributed by atoms with E-state index >= 15 is 0 Å². The monoisotopic (exact) mass is 296 g/mol. The van der Waals surface area contributed by atoms with Gasteiger partial charge < -0.3 is 10.6 Å². The van der Waals surface area contributed by atoms with Gasteiger partial charge in [-0.15, -0.1) is 0 Å². The van der Waals surface area contributed by atoms with Gasteiger partial charge in [0.15, 0.2) is 0 Å². The lowest BCUT2D eigenvalue weighted by Crippen LogP contribution is -2.49. The minimum Gasteiger partial charge on any atom is -0.325 e. The second-order valence-corrected chi connectivity index (χ2v) is 6.21. The summed E-state index contributed by atoms with van der Waals surface area (Å²) in [5.74, 6) is 0. The molecule has 2 nitrogen and oxygen atoms in total. The Morgan fingerprint density at radius 3 is 2.41 bits per heavy atom. The number of nitrogens with zero attached hydrogens (tertiary/aromatic N) is 1. The lowest BCUT2D eigenvalue weighted by Gasteiger charge is -2.37. The van der Waals surface area contributed by atoms with Crippen molar-refractivity contribution in [2.24, 2.45) is 5.73 Å². The van der Waals surface area contributed by atoms with Crippen molar-refractivity contribution in [3.63, 3.8) is 0 Å². The number of hydrogen-bond donors (Lipinski definition) is 1. The van der Waals surface area contributed by atoms with Gasteiger partial charge in [-0.25, -0.2) is 0 Å². The molecule has 0 atom stereocenters. The van der Waals surface area contributed by atoms with Crippen molar-refractivity contribution in [3.05, 3.63) is 34.3 Å². The first kappa shape index (κ1) is 13.1. The van der Waals surface area contributed by atoms with E-state index in [4.69, 9.17) is 5.73 Å². The number of aryl methyl sites for hydroxylation is 1. The second-order valence-electron chi connectivity index (χ2n) is 5.29. The summed E-state index contributed by atoms with van der Waals surface area (Å²) in [6.45, 7) is 2.27. The van der Waals surface area contributed by atoms with Gasteiger partial charge in [0.1, 0.15) is 0 Å². The van der Waals surface area contributed by atoms with Crippen LogP contribution in [0.5, 0.6) is 0 Å². The number of piperidine rings is 1. The molecule has 1 aliphatic rings. The van der Waals surface area contributed by atoms with Gasteiger partial charge in [-0.2, -0.15) is 0 Å². The molecule has 1 aromatic carbocycles. The van der Waals surface area contributed by atoms with Crippen molar-refractivity contribution in [3.8, 4) is 0 Å². The quantitative estimate of drug-likeness (QED) is 0.929. The van der Waals surface area contributed by atoms with Crippen LogP contribution in [0.4, 0.5) is 0 Å². The molecular formula is C14H21BrN2. The van der Waals surface area contributed by atoms with Gasteiger partial charge in [0.05, 0.1) is 0 Å². The molecule has 0 amide bonds. The molecule has 1 fully saturated rings. The van der Waals surface area contributed by atoms with Crippen molar-refractivity contribution in [1.82, 2.24) is 4.90 Å². The SMILES string of the molecule is CN1CCC(N)(CCc2ccc(Br)cc2)CC1. The number of benzene rings is 1. The molecule has 1 aromatic rings. The number of halogens is 1. The van der Waals surface area contributed by atoms with Crippen LogP contribution >= 0.6 is 15.9 Å². The van der Waals surface area contributed by atoms with E-state index in [2.05, 4.69) is 52.1 Å². The Hall–Kier alpha value is -0.380. The molecule has 1 aliphatic heterocycles. The summed E-state index contributed by atoms with van der Waals surface area (Å²) in [7, 11) is 2.17. The molecule has 3 heteroatoms. The summed E-state index contributed by atoms with van der Waals surface area (Å²) in [4.78, 5) is 2.37. The smallest absolute Gasteiger partial charge is 0.0181 e. The third kappa shape index (κ3) is 3.80. The van der Waals surface area contributed by atoms with E-state index in [-0.39, 0.29) is 5.54 Å². The van der Waals surface area contributed by atoms with Crippen molar-refractivity contribution in [2.45, 2.75) is 31.2 Å². The topological polar surface area (TPSA) is 29.3 Å². The van der Waals surface area contributed by atoms with E-state index in [1.54, 1.807) is 0 Å². The molecule has 94 valence electrons. The van der Waals surface area contributed by atoms with Gasteiger partial charge in [0.2, 0.25) is 0 Å². The Bertz CT molecular complexity index is 353. The third-order valence-electron chi connectivity index (χ3n) is 3.81. The zero-order valence-corrected chi connectivity index (χ0v) is 12.0. The molecule has 0 saturated carbocycles. The van der Waals surface area contributed by atoms with Crippen molar-refractivity contribution in [2.75, 3.05) is 20.1 Å². The number of likely N-dealkylation sites (tertiary alicyclic amines) is 1. The zero-order valence-electron chi connectivity index (χ0n) is 10.5. The number of hydrogen-bond acceptors (Lipinski definition) is 2. The highest BCUT2D eigenvalue weighted by molar-refractivity contribution is 9.10. The maximum atomic E-state index is 6.46. The van der Waals surface area contributed by atoms with E-state index in [1.165, 1.54) is 5.56 Å². The molecule has 2 N–H and O–H groups in total. The van der Waals surface area contributed by atoms with Gasteiger partial charge in [0.25, 0.3) is 0 Å². The minimum atomic E-state index is 0.0551. The fraction of sp³-hybridized carbons (Fsp3) is 0.571. The summed E-state index contributed by atoms with van der Waals surface area (Å²) < 4.78 is 1.14. The fourth-order valence-corrected chi connectivity index (χ4v) is 2.62. The Balaban J connectivity index is 1.87. The second kappa shape index (κ2) is 5.51. The molecular weight excluding hydrogens is 276 g/mol. The Morgan fingerprint density at radius 2 is 1.82 bits per heavy atom. The van der Waals surface area contributed by atoms with E-state index < -0.39 is 0 Å². The molecule has 1 saturated heterocycles. The summed E-state index contributed by atoms with van der Waals surface area (Å²) in [6.07, 6.45) is 4.44. The molecule has 0 aromatic heterocycles. The number of rotatable bonds is 3. The van der Waals surface area contributed by atoms with Crippen LogP contribution < -0.4 is 5.73 Å². The highest BCUT2D eigenvalue weighted by Crippen LogP contribution is 2.24. The van der Waals surface area contributed by atoms with Crippen LogP contribution in [0.15, 0.2) is 28.7 Å². The molecule has 0 spiro atoms. The third-order valence-corrected chi connectivity index (χ3v) is 4.34. The molecule has 1 heterocycles. The van der Waals surface area contributed by atoms with Crippen molar-refractivity contribution < 1.29 is 0 Å². The number of nitrogens with two attached hydrogens (primary N) is 1. The first-order chi connectivity index (χ1) is 8.07. The molecule has 2 rings (SSSR count). The average molecular weight is 297 g/mol. The van der Waals surface area contributed by atoms with E-state index in [9.17, 15) is 0 Å². The van der Waals surface area contributed by atoms with E-state index in [1.807, 2.05) is 0 Å². The van der Waals surface area contributed by atoms with Crippen LogP contribution in [-0.2, 0) is 6.42 Å². The van der Waals surface area contributed by atoms with Gasteiger partial charge in [-0.1, -0.05) is 28.1 Å². The average Bonchev–Trinajstić information content (AvgIpc) is 2.33. The largest absolute Gasteiger partial charge is 0.325 e. The van der Waals surface area contributed by atoms with Crippen LogP contribution in [0.3, 0.4) is 0 Å². The van der Waals surface area contributed by atoms with Crippen LogP contribution in [0, 0.1) is 0 Å². The standard InChI is InChI=1S/C14H21BrN2/c1-17-10-8-14(16,9-11-17)7-6-12-2-4-13(15)5-3-12/h2-5H,6-11,16H2,1H3. The van der Waals surface area contributed by atoms with Crippen LogP contribution in [0.2, 0.25) is 0 Å². The summed E-state index contributed by atoms with van der Waals surface area (Å²) in [5, 5.41) is 0. The Labute approximate surface area is 112 Å². The first-order valence-corrected chi connectivity index (χ1v) is 7.09. The first-order valence-electron chi connectivity index (χ1n) is 6.29. The maximum Gasteiger partial charge on any atom is 0.0181 e. The van der Waals surface area contributed by atoms with Crippen LogP contribution in [0.25, 0.3) is 0 Å². The summed E-state index contributed by atoms with van der Waals surface area (Å²) >= 11 is 3.46. The normalized spacial score (nSPS) is 20.4. The Morgan fingerprint density at radius 1 is 1.24 bits per heavy atom. The van der Waals surface area contributed by atoms with Gasteiger partial charge in [-0.05, 0) is 63.5 Å². The highest BCUT2D eigenvalue weighted by Gasteiger charge is 2.28. The summed E-state index contributed by atoms with van der Waals surface area (Å²) in [6, 6.07) is 8.57. The van der Waals surface area contributed by atoms with Gasteiger partial charge in [0, 0.05) is 10.0 Å². The minimum absolute atomic E-state index is 0.0551. The van der Waals surface area contributed by atoms with Crippen molar-refractivity contribution >= 4 is 15.9 Å². The molecule has 0 bridgehead atoms. The van der Waals surface area contributed by atoms with Gasteiger partial charge in [-0.3, -0.25) is 0 Å². The molecule has 0 aliphatic carbocycles. The predicted molar refractivity (Wildman–Crippen MR) is 76.1 cm³/mol. The summed E-state index contributed by atoms with van der Waals surface area (Å²) in [5.41, 5.74) is 7.90. The molecule has 0 radical (unpaired) electrons.